The predicted molar refractivity (Wildman–Crippen MR) is 63.0 cm³/mol. The molecule has 96 valence electrons. The molecule has 5 heteroatoms. The predicted octanol–water partition coefficient (Wildman–Crippen LogP) is 0.0175. The van der Waals surface area contributed by atoms with Gasteiger partial charge >= 0.3 is 0 Å². The van der Waals surface area contributed by atoms with Crippen LogP contribution in [-0.2, 0) is 9.53 Å². The fraction of sp³-hybridized carbons (Fsp3) is 0.909. The van der Waals surface area contributed by atoms with E-state index >= 15 is 0 Å². The lowest BCUT2D eigenvalue weighted by atomic mass is 10.1. The zero-order chi connectivity index (χ0) is 12.4. The summed E-state index contributed by atoms with van der Waals surface area (Å²) in [5.41, 5.74) is 5.72. The Bertz CT molecular complexity index is 188. The molecule has 2 atom stereocenters. The Morgan fingerprint density at radius 1 is 1.44 bits per heavy atom. The number of amides is 1. The molecule has 0 heterocycles. The topological polar surface area (TPSA) is 84.6 Å². The molecule has 5 nitrogen and oxygen atoms in total. The molecule has 0 saturated carbocycles. The van der Waals surface area contributed by atoms with Crippen molar-refractivity contribution in [3.63, 3.8) is 0 Å². The van der Waals surface area contributed by atoms with Gasteiger partial charge in [0.1, 0.15) is 0 Å². The number of nitrogens with one attached hydrogen (secondary N) is 1. The fourth-order valence-electron chi connectivity index (χ4n) is 1.40. The van der Waals surface area contributed by atoms with Gasteiger partial charge in [0.25, 0.3) is 0 Å². The minimum absolute atomic E-state index is 0.0631. The number of aliphatic hydroxyl groups excluding tert-OH is 1. The van der Waals surface area contributed by atoms with Crippen LogP contribution in [0.1, 0.15) is 32.6 Å². The monoisotopic (exact) mass is 232 g/mol. The minimum Gasteiger partial charge on any atom is -0.396 e. The fourth-order valence-corrected chi connectivity index (χ4v) is 1.40. The second-order valence-electron chi connectivity index (χ2n) is 4.02. The van der Waals surface area contributed by atoms with Crippen LogP contribution in [0.15, 0.2) is 0 Å². The highest BCUT2D eigenvalue weighted by molar-refractivity contribution is 5.81. The Morgan fingerprint density at radius 2 is 2.12 bits per heavy atom. The van der Waals surface area contributed by atoms with Gasteiger partial charge in [0, 0.05) is 26.4 Å². The van der Waals surface area contributed by atoms with E-state index < -0.39 is 6.04 Å². The van der Waals surface area contributed by atoms with E-state index in [4.69, 9.17) is 15.6 Å². The highest BCUT2D eigenvalue weighted by Gasteiger charge is 2.14. The molecule has 0 rings (SSSR count). The van der Waals surface area contributed by atoms with Gasteiger partial charge in [-0.2, -0.15) is 0 Å². The molecule has 0 aromatic heterocycles. The number of hydrogen-bond acceptors (Lipinski definition) is 4. The number of methoxy groups -OCH3 is 1. The average molecular weight is 232 g/mol. The largest absolute Gasteiger partial charge is 0.396 e. The minimum atomic E-state index is -0.466. The molecule has 16 heavy (non-hydrogen) atoms. The van der Waals surface area contributed by atoms with Crippen molar-refractivity contribution in [1.29, 1.82) is 0 Å². The van der Waals surface area contributed by atoms with Gasteiger partial charge in [0.05, 0.1) is 6.04 Å². The number of carbonyl (C=O) groups is 1. The third-order valence-electron chi connectivity index (χ3n) is 2.38. The Balaban J connectivity index is 3.68. The van der Waals surface area contributed by atoms with Crippen molar-refractivity contribution >= 4 is 5.91 Å². The lowest BCUT2D eigenvalue weighted by Gasteiger charge is -2.17. The quantitative estimate of drug-likeness (QED) is 0.489. The van der Waals surface area contributed by atoms with Crippen molar-refractivity contribution in [1.82, 2.24) is 5.32 Å². The second kappa shape index (κ2) is 9.57. The molecule has 4 N–H and O–H groups in total. The molecule has 0 aliphatic rings. The van der Waals surface area contributed by atoms with Gasteiger partial charge in [0.15, 0.2) is 0 Å². The second-order valence-corrected chi connectivity index (χ2v) is 4.02. The smallest absolute Gasteiger partial charge is 0.237 e. The average Bonchev–Trinajstić information content (AvgIpc) is 2.26. The van der Waals surface area contributed by atoms with Crippen LogP contribution in [0.4, 0.5) is 0 Å². The molecule has 1 amide bonds. The number of hydrogen-bond donors (Lipinski definition) is 3. The van der Waals surface area contributed by atoms with E-state index in [-0.39, 0.29) is 18.6 Å². The maximum Gasteiger partial charge on any atom is 0.237 e. The van der Waals surface area contributed by atoms with Crippen molar-refractivity contribution in [3.8, 4) is 0 Å². The van der Waals surface area contributed by atoms with Gasteiger partial charge in [-0.25, -0.2) is 0 Å². The molecule has 0 aliphatic heterocycles. The van der Waals surface area contributed by atoms with E-state index in [1.165, 1.54) is 0 Å². The third kappa shape index (κ3) is 7.62. The molecule has 0 bridgehead atoms. The van der Waals surface area contributed by atoms with Crippen molar-refractivity contribution in [3.05, 3.63) is 0 Å². The first-order valence-electron chi connectivity index (χ1n) is 5.77. The first-order chi connectivity index (χ1) is 7.61. The van der Waals surface area contributed by atoms with Crippen LogP contribution in [-0.4, -0.2) is 43.4 Å². The van der Waals surface area contributed by atoms with Gasteiger partial charge in [-0.15, -0.1) is 0 Å². The van der Waals surface area contributed by atoms with Crippen LogP contribution < -0.4 is 11.1 Å². The summed E-state index contributed by atoms with van der Waals surface area (Å²) in [4.78, 5) is 11.6. The highest BCUT2D eigenvalue weighted by Crippen LogP contribution is 1.99. The van der Waals surface area contributed by atoms with Gasteiger partial charge in [-0.3, -0.25) is 4.79 Å². The van der Waals surface area contributed by atoms with Crippen molar-refractivity contribution in [2.45, 2.75) is 44.7 Å². The lowest BCUT2D eigenvalue weighted by molar-refractivity contribution is -0.123. The van der Waals surface area contributed by atoms with Crippen LogP contribution in [0.25, 0.3) is 0 Å². The summed E-state index contributed by atoms with van der Waals surface area (Å²) in [6, 6.07) is -0.403. The van der Waals surface area contributed by atoms with E-state index in [2.05, 4.69) is 5.32 Å². The van der Waals surface area contributed by atoms with E-state index in [0.29, 0.717) is 19.4 Å². The maximum absolute atomic E-state index is 11.6. The van der Waals surface area contributed by atoms with E-state index in [0.717, 1.165) is 12.8 Å². The summed E-state index contributed by atoms with van der Waals surface area (Å²) in [6.07, 6.45) is 2.88. The molecular formula is C11H24N2O3. The Kier molecular flexibility index (Phi) is 9.18. The summed E-state index contributed by atoms with van der Waals surface area (Å²) in [7, 11) is 1.63. The summed E-state index contributed by atoms with van der Waals surface area (Å²) < 4.78 is 4.89. The summed E-state index contributed by atoms with van der Waals surface area (Å²) in [5, 5.41) is 11.5. The van der Waals surface area contributed by atoms with Crippen LogP contribution in [0.3, 0.4) is 0 Å². The van der Waals surface area contributed by atoms with E-state index in [1.54, 1.807) is 7.11 Å². The van der Waals surface area contributed by atoms with Crippen molar-refractivity contribution in [2.24, 2.45) is 5.73 Å². The normalized spacial score (nSPS) is 14.5. The standard InChI is InChI=1S/C11H24N2O3/c1-9(5-3-7-14)13-11(15)10(12)6-4-8-16-2/h9-10,14H,3-8,12H2,1-2H3,(H,13,15). The Morgan fingerprint density at radius 3 is 2.69 bits per heavy atom. The Hall–Kier alpha value is -0.650. The van der Waals surface area contributed by atoms with Gasteiger partial charge in [-0.05, 0) is 32.6 Å². The number of aliphatic hydroxyl groups is 1. The van der Waals surface area contributed by atoms with Gasteiger partial charge in [-0.1, -0.05) is 0 Å². The van der Waals surface area contributed by atoms with Crippen molar-refractivity contribution < 1.29 is 14.6 Å². The molecule has 0 aromatic carbocycles. The first kappa shape index (κ1) is 15.3. The highest BCUT2D eigenvalue weighted by atomic mass is 16.5. The van der Waals surface area contributed by atoms with Crippen LogP contribution in [0, 0.1) is 0 Å². The summed E-state index contributed by atoms with van der Waals surface area (Å²) in [6.45, 7) is 2.69. The summed E-state index contributed by atoms with van der Waals surface area (Å²) >= 11 is 0. The molecule has 0 fully saturated rings. The maximum atomic E-state index is 11.6. The number of nitrogens with two attached hydrogens (primary N) is 1. The van der Waals surface area contributed by atoms with E-state index in [9.17, 15) is 4.79 Å². The zero-order valence-corrected chi connectivity index (χ0v) is 10.2. The molecule has 0 spiro atoms. The number of carbonyl (C=O) groups excluding carboxylic acids is 1. The van der Waals surface area contributed by atoms with Crippen LogP contribution in [0.5, 0.6) is 0 Å². The molecule has 0 aromatic rings. The number of rotatable bonds is 9. The first-order valence-corrected chi connectivity index (χ1v) is 5.77. The summed E-state index contributed by atoms with van der Waals surface area (Å²) in [5.74, 6) is -0.124. The molecule has 0 aliphatic carbocycles. The van der Waals surface area contributed by atoms with Crippen LogP contribution >= 0.6 is 0 Å². The lowest BCUT2D eigenvalue weighted by Crippen LogP contribution is -2.44. The number of ether oxygens (including phenoxy) is 1. The van der Waals surface area contributed by atoms with Gasteiger partial charge < -0.3 is 20.9 Å². The Labute approximate surface area is 97.3 Å². The SMILES string of the molecule is COCCCC(N)C(=O)NC(C)CCCO. The zero-order valence-electron chi connectivity index (χ0n) is 10.2. The molecule has 2 unspecified atom stereocenters. The molecule has 0 radical (unpaired) electrons. The molecular weight excluding hydrogens is 208 g/mol. The van der Waals surface area contributed by atoms with E-state index in [1.807, 2.05) is 6.92 Å². The van der Waals surface area contributed by atoms with Gasteiger partial charge in [0.2, 0.25) is 5.91 Å². The van der Waals surface area contributed by atoms with Crippen molar-refractivity contribution in [2.75, 3.05) is 20.3 Å². The molecule has 0 saturated heterocycles. The third-order valence-corrected chi connectivity index (χ3v) is 2.38. The van der Waals surface area contributed by atoms with Crippen LogP contribution in [0.2, 0.25) is 0 Å².